The van der Waals surface area contributed by atoms with Crippen LogP contribution >= 0.6 is 11.6 Å². The molecule has 3 N–H and O–H groups in total. The maximum atomic E-state index is 11.9. The van der Waals surface area contributed by atoms with Crippen LogP contribution in [0.1, 0.15) is 91.9 Å². The van der Waals surface area contributed by atoms with Gasteiger partial charge in [0.25, 0.3) is 0 Å². The number of rotatable bonds is 8. The Morgan fingerprint density at radius 3 is 2.06 bits per heavy atom. The zero-order valence-electron chi connectivity index (χ0n) is 21.1. The maximum Gasteiger partial charge on any atom is 0.410 e. The molecular weight excluding hydrogens is 448 g/mol. The van der Waals surface area contributed by atoms with Gasteiger partial charge >= 0.3 is 11.5 Å². The lowest BCUT2D eigenvalue weighted by Gasteiger charge is -2.35. The van der Waals surface area contributed by atoms with Gasteiger partial charge in [0.15, 0.2) is 0 Å². The number of amides is 1. The molecule has 2 fully saturated rings. The van der Waals surface area contributed by atoms with Crippen molar-refractivity contribution in [1.29, 1.82) is 0 Å². The van der Waals surface area contributed by atoms with Crippen molar-refractivity contribution in [1.82, 2.24) is 10.2 Å². The molecule has 9 heteroatoms. The predicted octanol–water partition coefficient (Wildman–Crippen LogP) is 4.83. The highest BCUT2D eigenvalue weighted by molar-refractivity contribution is 6.61. The van der Waals surface area contributed by atoms with Crippen LogP contribution in [-0.4, -0.2) is 77.2 Å². The summed E-state index contributed by atoms with van der Waals surface area (Å²) in [6.07, 6.45) is 9.99. The van der Waals surface area contributed by atoms with E-state index in [1.54, 1.807) is 11.8 Å². The molecule has 2 heterocycles. The summed E-state index contributed by atoms with van der Waals surface area (Å²) in [5.74, 6) is 0. The third-order valence-corrected chi connectivity index (χ3v) is 6.05. The highest BCUT2D eigenvalue weighted by Crippen LogP contribution is 2.20. The molecule has 0 bridgehead atoms. The standard InChI is InChI=1S/C12H23NO3.C7H15NO.C5H9ClO2/c1-3-10(2)16-12(15)13-8-5-4-6-11(13)7-9-14;9-6-4-7-3-1-2-5-8-7;1-3-4(2)8-5(6)7/h10-11,14H,3-9H2,1-2H3;7-9H,1-6H2;4H,3H2,1-2H3/t10-,11+;7-;4-/m101/s1. The average Bonchev–Trinajstić information content (AvgIpc) is 2.81. The topological polar surface area (TPSA) is 108 Å². The lowest BCUT2D eigenvalue weighted by molar-refractivity contribution is 0.0413. The molecule has 1 amide bonds. The summed E-state index contributed by atoms with van der Waals surface area (Å²) in [5.41, 5.74) is -0.723. The monoisotopic (exact) mass is 494 g/mol. The molecule has 8 nitrogen and oxygen atoms in total. The smallest absolute Gasteiger partial charge is 0.410 e. The summed E-state index contributed by atoms with van der Waals surface area (Å²) in [6, 6.07) is 0.763. The van der Waals surface area contributed by atoms with E-state index in [0.29, 0.717) is 19.1 Å². The summed E-state index contributed by atoms with van der Waals surface area (Å²) in [5, 5.41) is 20.9. The molecule has 0 aromatic heterocycles. The molecule has 0 radical (unpaired) electrons. The summed E-state index contributed by atoms with van der Waals surface area (Å²) < 4.78 is 9.85. The number of carbonyl (C=O) groups excluding carboxylic acids is 2. The minimum absolute atomic E-state index is 0.0239. The van der Waals surface area contributed by atoms with E-state index < -0.39 is 5.43 Å². The van der Waals surface area contributed by atoms with Gasteiger partial charge in [0.2, 0.25) is 0 Å². The molecule has 33 heavy (non-hydrogen) atoms. The fraction of sp³-hybridized carbons (Fsp3) is 0.917. The zero-order chi connectivity index (χ0) is 25.1. The van der Waals surface area contributed by atoms with E-state index in [0.717, 1.165) is 51.6 Å². The van der Waals surface area contributed by atoms with E-state index in [1.807, 2.05) is 20.8 Å². The Morgan fingerprint density at radius 2 is 1.58 bits per heavy atom. The number of nitrogens with zero attached hydrogens (tertiary/aromatic N) is 1. The summed E-state index contributed by atoms with van der Waals surface area (Å²) in [6.45, 7) is 9.99. The van der Waals surface area contributed by atoms with E-state index in [9.17, 15) is 9.59 Å². The molecule has 196 valence electrons. The van der Waals surface area contributed by atoms with Gasteiger partial charge in [-0.05, 0) is 78.2 Å². The van der Waals surface area contributed by atoms with Crippen LogP contribution in [0.2, 0.25) is 0 Å². The van der Waals surface area contributed by atoms with Crippen molar-refractivity contribution in [3.8, 4) is 0 Å². The van der Waals surface area contributed by atoms with Gasteiger partial charge in [-0.25, -0.2) is 9.59 Å². The number of halogens is 1. The Bertz CT molecular complexity index is 501. The largest absolute Gasteiger partial charge is 0.451 e. The number of nitrogens with one attached hydrogen (secondary N) is 1. The molecule has 2 aliphatic heterocycles. The van der Waals surface area contributed by atoms with Gasteiger partial charge in [0.05, 0.1) is 0 Å². The number of aliphatic hydroxyl groups excluding tert-OH is 2. The Labute approximate surface area is 205 Å². The fourth-order valence-electron chi connectivity index (χ4n) is 3.58. The van der Waals surface area contributed by atoms with Crippen molar-refractivity contribution in [3.05, 3.63) is 0 Å². The summed E-state index contributed by atoms with van der Waals surface area (Å²) >= 11 is 4.89. The molecule has 0 spiro atoms. The number of hydrogen-bond acceptors (Lipinski definition) is 7. The van der Waals surface area contributed by atoms with Crippen LogP contribution in [0.3, 0.4) is 0 Å². The number of ether oxygens (including phenoxy) is 2. The highest BCUT2D eigenvalue weighted by atomic mass is 35.5. The van der Waals surface area contributed by atoms with Crippen molar-refractivity contribution in [2.45, 2.75) is 116 Å². The number of hydrogen-bond donors (Lipinski definition) is 3. The second kappa shape index (κ2) is 20.3. The third kappa shape index (κ3) is 16.2. The average molecular weight is 495 g/mol. The molecule has 0 aromatic carbocycles. The van der Waals surface area contributed by atoms with Crippen LogP contribution in [0.5, 0.6) is 0 Å². The highest BCUT2D eigenvalue weighted by Gasteiger charge is 2.28. The molecule has 2 saturated heterocycles. The van der Waals surface area contributed by atoms with Gasteiger partial charge in [-0.15, -0.1) is 0 Å². The second-order valence-electron chi connectivity index (χ2n) is 8.69. The number of piperidine rings is 2. The van der Waals surface area contributed by atoms with E-state index >= 15 is 0 Å². The third-order valence-electron chi connectivity index (χ3n) is 5.96. The van der Waals surface area contributed by atoms with E-state index in [4.69, 9.17) is 26.6 Å². The Hall–Kier alpha value is -1.09. The maximum absolute atomic E-state index is 11.9. The lowest BCUT2D eigenvalue weighted by atomic mass is 10.0. The molecular formula is C24H47ClN2O6. The molecule has 4 atom stereocenters. The first kappa shape index (κ1) is 31.9. The normalized spacial score (nSPS) is 22.0. The number of likely N-dealkylation sites (tertiary alicyclic amines) is 1. The fourth-order valence-corrected chi connectivity index (χ4v) is 3.73. The van der Waals surface area contributed by atoms with Crippen LogP contribution in [0.4, 0.5) is 9.59 Å². The summed E-state index contributed by atoms with van der Waals surface area (Å²) in [7, 11) is 0. The first-order valence-corrected chi connectivity index (χ1v) is 12.9. The Kier molecular flexibility index (Phi) is 19.6. The molecule has 0 aliphatic carbocycles. The zero-order valence-corrected chi connectivity index (χ0v) is 21.8. The number of aliphatic hydroxyl groups is 2. The lowest BCUT2D eigenvalue weighted by Crippen LogP contribution is -2.45. The van der Waals surface area contributed by atoms with Gasteiger partial charge < -0.3 is 29.9 Å². The molecule has 2 aliphatic rings. The Morgan fingerprint density at radius 1 is 0.970 bits per heavy atom. The van der Waals surface area contributed by atoms with E-state index in [1.165, 1.54) is 19.3 Å². The predicted molar refractivity (Wildman–Crippen MR) is 132 cm³/mol. The minimum Gasteiger partial charge on any atom is -0.451 e. The van der Waals surface area contributed by atoms with E-state index in [-0.39, 0.29) is 30.9 Å². The number of carbonyl (C=O) groups is 2. The van der Waals surface area contributed by atoms with Crippen molar-refractivity contribution < 1.29 is 29.3 Å². The van der Waals surface area contributed by atoms with Crippen LogP contribution < -0.4 is 5.32 Å². The summed E-state index contributed by atoms with van der Waals surface area (Å²) in [4.78, 5) is 23.6. The van der Waals surface area contributed by atoms with Gasteiger partial charge in [-0.3, -0.25) is 0 Å². The molecule has 0 aromatic rings. The van der Waals surface area contributed by atoms with Crippen LogP contribution in [0, 0.1) is 0 Å². The van der Waals surface area contributed by atoms with Gasteiger partial charge in [-0.1, -0.05) is 20.3 Å². The minimum atomic E-state index is -0.723. The van der Waals surface area contributed by atoms with Crippen molar-refractivity contribution >= 4 is 23.1 Å². The van der Waals surface area contributed by atoms with Crippen molar-refractivity contribution in [2.24, 2.45) is 0 Å². The SMILES string of the molecule is CC[C@@H](C)OC(=O)Cl.CC[C@@H](C)OC(=O)N1CCCC[C@H]1CCO.OCC[C@@H]1CCCCN1. The van der Waals surface area contributed by atoms with Crippen LogP contribution in [0.25, 0.3) is 0 Å². The molecule has 2 rings (SSSR count). The van der Waals surface area contributed by atoms with Gasteiger partial charge in [0, 0.05) is 43.4 Å². The van der Waals surface area contributed by atoms with Gasteiger partial charge in [0.1, 0.15) is 12.2 Å². The van der Waals surface area contributed by atoms with Crippen LogP contribution in [0.15, 0.2) is 0 Å². The quantitative estimate of drug-likeness (QED) is 0.414. The second-order valence-corrected chi connectivity index (χ2v) is 9.00. The Balaban J connectivity index is 0.000000511. The first-order valence-electron chi connectivity index (χ1n) is 12.6. The van der Waals surface area contributed by atoms with Crippen molar-refractivity contribution in [2.75, 3.05) is 26.3 Å². The van der Waals surface area contributed by atoms with Crippen LogP contribution in [-0.2, 0) is 9.47 Å². The molecule has 0 saturated carbocycles. The van der Waals surface area contributed by atoms with Crippen molar-refractivity contribution in [3.63, 3.8) is 0 Å². The van der Waals surface area contributed by atoms with E-state index in [2.05, 4.69) is 10.1 Å². The first-order chi connectivity index (χ1) is 15.8. The molecule has 0 unspecified atom stereocenters. The van der Waals surface area contributed by atoms with Gasteiger partial charge in [-0.2, -0.15) is 0 Å².